The number of likely N-dealkylation sites (tertiary alicyclic amines) is 1. The van der Waals surface area contributed by atoms with Crippen LogP contribution in [0.3, 0.4) is 0 Å². The Balaban J connectivity index is 2.16. The van der Waals surface area contributed by atoms with E-state index in [-0.39, 0.29) is 24.6 Å². The topological polar surface area (TPSA) is 67.9 Å². The molecule has 1 saturated heterocycles. The van der Waals surface area contributed by atoms with Gasteiger partial charge < -0.3 is 19.7 Å². The van der Waals surface area contributed by atoms with Gasteiger partial charge in [-0.25, -0.2) is 4.79 Å². The smallest absolute Gasteiger partial charge is 0.410 e. The largest absolute Gasteiger partial charge is 0.465 e. The van der Waals surface area contributed by atoms with Gasteiger partial charge in [-0.3, -0.25) is 4.79 Å². The lowest BCUT2D eigenvalue weighted by molar-refractivity contribution is -0.142. The number of ether oxygens (including phenoxy) is 2. The van der Waals surface area contributed by atoms with E-state index in [1.807, 2.05) is 20.8 Å². The molecule has 0 bridgehead atoms. The summed E-state index contributed by atoms with van der Waals surface area (Å²) in [6, 6.07) is 0.141. The summed E-state index contributed by atoms with van der Waals surface area (Å²) in [5, 5.41) is 3.03. The molecule has 0 unspecified atom stereocenters. The van der Waals surface area contributed by atoms with E-state index < -0.39 is 5.60 Å². The van der Waals surface area contributed by atoms with Crippen LogP contribution >= 0.6 is 0 Å². The number of hydrogen-bond acceptors (Lipinski definition) is 5. The van der Waals surface area contributed by atoms with Gasteiger partial charge >= 0.3 is 12.1 Å². The first-order valence-electron chi connectivity index (χ1n) is 6.18. The average Bonchev–Trinajstić information content (AvgIpc) is 2.12. The SMILES string of the molecule is CCOC(=O)CNC1CN(C(=O)OC(C)(C)C)C1. The maximum absolute atomic E-state index is 11.6. The molecule has 0 aromatic rings. The molecule has 1 N–H and O–H groups in total. The summed E-state index contributed by atoms with van der Waals surface area (Å²) >= 11 is 0. The summed E-state index contributed by atoms with van der Waals surface area (Å²) in [6.07, 6.45) is -0.309. The Hall–Kier alpha value is -1.30. The molecule has 0 aliphatic carbocycles. The van der Waals surface area contributed by atoms with E-state index in [0.29, 0.717) is 19.7 Å². The normalized spacial score (nSPS) is 16.1. The molecule has 0 aromatic heterocycles. The van der Waals surface area contributed by atoms with Crippen molar-refractivity contribution >= 4 is 12.1 Å². The molecule has 1 aliphatic rings. The van der Waals surface area contributed by atoms with Crippen molar-refractivity contribution in [3.8, 4) is 0 Å². The summed E-state index contributed by atoms with van der Waals surface area (Å²) in [5.41, 5.74) is -0.472. The number of nitrogens with zero attached hydrogens (tertiary/aromatic N) is 1. The monoisotopic (exact) mass is 258 g/mol. The van der Waals surface area contributed by atoms with E-state index in [4.69, 9.17) is 9.47 Å². The van der Waals surface area contributed by atoms with Gasteiger partial charge in [0.1, 0.15) is 5.60 Å². The van der Waals surface area contributed by atoms with Crippen LogP contribution in [0.2, 0.25) is 0 Å². The van der Waals surface area contributed by atoms with Crippen molar-refractivity contribution < 1.29 is 19.1 Å². The van der Waals surface area contributed by atoms with Gasteiger partial charge in [0, 0.05) is 19.1 Å². The van der Waals surface area contributed by atoms with Crippen LogP contribution in [0.25, 0.3) is 0 Å². The fourth-order valence-electron chi connectivity index (χ4n) is 1.52. The third kappa shape index (κ3) is 4.91. The molecule has 1 amide bonds. The van der Waals surface area contributed by atoms with E-state index >= 15 is 0 Å². The standard InChI is InChI=1S/C12H22N2O4/c1-5-17-10(15)6-13-9-7-14(8-9)11(16)18-12(2,3)4/h9,13H,5-8H2,1-4H3. The van der Waals surface area contributed by atoms with Gasteiger partial charge in [0.05, 0.1) is 13.2 Å². The lowest BCUT2D eigenvalue weighted by atomic mass is 10.1. The first-order valence-corrected chi connectivity index (χ1v) is 6.18. The van der Waals surface area contributed by atoms with Gasteiger partial charge in [-0.1, -0.05) is 0 Å². The zero-order valence-corrected chi connectivity index (χ0v) is 11.5. The molecule has 1 rings (SSSR count). The molecular formula is C12H22N2O4. The van der Waals surface area contributed by atoms with E-state index in [9.17, 15) is 9.59 Å². The van der Waals surface area contributed by atoms with Crippen LogP contribution in [0.5, 0.6) is 0 Å². The summed E-state index contributed by atoms with van der Waals surface area (Å²) in [7, 11) is 0. The van der Waals surface area contributed by atoms with Crippen LogP contribution in [0.1, 0.15) is 27.7 Å². The Kier molecular flexibility index (Phi) is 4.95. The highest BCUT2D eigenvalue weighted by molar-refractivity contribution is 5.72. The summed E-state index contributed by atoms with van der Waals surface area (Å²) in [4.78, 5) is 24.3. The average molecular weight is 258 g/mol. The molecule has 0 atom stereocenters. The number of amides is 1. The molecule has 0 saturated carbocycles. The number of carbonyl (C=O) groups is 2. The number of esters is 1. The zero-order chi connectivity index (χ0) is 13.8. The lowest BCUT2D eigenvalue weighted by Crippen LogP contribution is -2.61. The van der Waals surface area contributed by atoms with Crippen LogP contribution in [0.4, 0.5) is 4.79 Å². The fraction of sp³-hybridized carbons (Fsp3) is 0.833. The molecular weight excluding hydrogens is 236 g/mol. The van der Waals surface area contributed by atoms with Crippen molar-refractivity contribution in [2.75, 3.05) is 26.2 Å². The predicted molar refractivity (Wildman–Crippen MR) is 66.2 cm³/mol. The van der Waals surface area contributed by atoms with E-state index in [0.717, 1.165) is 0 Å². The van der Waals surface area contributed by atoms with Gasteiger partial charge in [-0.05, 0) is 27.7 Å². The predicted octanol–water partition coefficient (Wildman–Crippen LogP) is 0.758. The van der Waals surface area contributed by atoms with Crippen molar-refractivity contribution in [3.05, 3.63) is 0 Å². The second-order valence-electron chi connectivity index (χ2n) is 5.27. The first kappa shape index (κ1) is 14.8. The highest BCUT2D eigenvalue weighted by Gasteiger charge is 2.33. The number of rotatable bonds is 4. The molecule has 0 aromatic carbocycles. The maximum Gasteiger partial charge on any atom is 0.410 e. The Labute approximate surface area is 108 Å². The molecule has 0 radical (unpaired) electrons. The first-order chi connectivity index (χ1) is 8.31. The molecule has 104 valence electrons. The van der Waals surface area contributed by atoms with Gasteiger partial charge in [0.15, 0.2) is 0 Å². The van der Waals surface area contributed by atoms with Crippen molar-refractivity contribution in [3.63, 3.8) is 0 Å². The van der Waals surface area contributed by atoms with Crippen LogP contribution in [0, 0.1) is 0 Å². The fourth-order valence-corrected chi connectivity index (χ4v) is 1.52. The molecule has 1 heterocycles. The Bertz CT molecular complexity index is 306. The van der Waals surface area contributed by atoms with Crippen molar-refractivity contribution in [2.45, 2.75) is 39.3 Å². The molecule has 6 heteroatoms. The van der Waals surface area contributed by atoms with E-state index in [1.54, 1.807) is 11.8 Å². The third-order valence-corrected chi connectivity index (χ3v) is 2.37. The summed E-state index contributed by atoms with van der Waals surface area (Å²) in [5.74, 6) is -0.270. The Morgan fingerprint density at radius 1 is 1.33 bits per heavy atom. The van der Waals surface area contributed by atoms with Gasteiger partial charge in [-0.15, -0.1) is 0 Å². The maximum atomic E-state index is 11.6. The van der Waals surface area contributed by atoms with Gasteiger partial charge in [0.2, 0.25) is 0 Å². The van der Waals surface area contributed by atoms with E-state index in [1.165, 1.54) is 0 Å². The van der Waals surface area contributed by atoms with Gasteiger partial charge in [-0.2, -0.15) is 0 Å². The summed E-state index contributed by atoms with van der Waals surface area (Å²) in [6.45, 7) is 8.97. The van der Waals surface area contributed by atoms with Crippen LogP contribution in [0.15, 0.2) is 0 Å². The minimum atomic E-state index is -0.472. The van der Waals surface area contributed by atoms with Crippen molar-refractivity contribution in [2.24, 2.45) is 0 Å². The summed E-state index contributed by atoms with van der Waals surface area (Å²) < 4.78 is 10.0. The molecule has 1 aliphatic heterocycles. The number of hydrogen-bond donors (Lipinski definition) is 1. The quantitative estimate of drug-likeness (QED) is 0.754. The van der Waals surface area contributed by atoms with Crippen LogP contribution < -0.4 is 5.32 Å². The van der Waals surface area contributed by atoms with Crippen LogP contribution in [-0.2, 0) is 14.3 Å². The zero-order valence-electron chi connectivity index (χ0n) is 11.5. The minimum absolute atomic E-state index is 0.141. The number of nitrogens with one attached hydrogen (secondary N) is 1. The highest BCUT2D eigenvalue weighted by Crippen LogP contribution is 2.14. The van der Waals surface area contributed by atoms with Crippen LogP contribution in [-0.4, -0.2) is 54.8 Å². The van der Waals surface area contributed by atoms with E-state index in [2.05, 4.69) is 5.32 Å². The second kappa shape index (κ2) is 6.04. The molecule has 18 heavy (non-hydrogen) atoms. The third-order valence-electron chi connectivity index (χ3n) is 2.37. The molecule has 0 spiro atoms. The second-order valence-corrected chi connectivity index (χ2v) is 5.27. The Morgan fingerprint density at radius 2 is 1.94 bits per heavy atom. The minimum Gasteiger partial charge on any atom is -0.465 e. The highest BCUT2D eigenvalue weighted by atomic mass is 16.6. The number of carbonyl (C=O) groups excluding carboxylic acids is 2. The molecule has 6 nitrogen and oxygen atoms in total. The van der Waals surface area contributed by atoms with Crippen molar-refractivity contribution in [1.29, 1.82) is 0 Å². The lowest BCUT2D eigenvalue weighted by Gasteiger charge is -2.40. The van der Waals surface area contributed by atoms with Crippen molar-refractivity contribution in [1.82, 2.24) is 10.2 Å². The molecule has 1 fully saturated rings. The Morgan fingerprint density at radius 3 is 2.44 bits per heavy atom. The van der Waals surface area contributed by atoms with Gasteiger partial charge in [0.25, 0.3) is 0 Å².